The van der Waals surface area contributed by atoms with Crippen molar-refractivity contribution < 1.29 is 4.79 Å². The van der Waals surface area contributed by atoms with Crippen molar-refractivity contribution in [3.63, 3.8) is 0 Å². The molecule has 0 fully saturated rings. The number of hydrogen-bond acceptors (Lipinski definition) is 2. The van der Waals surface area contributed by atoms with Gasteiger partial charge in [-0.25, -0.2) is 0 Å². The Morgan fingerprint density at radius 2 is 1.61 bits per heavy atom. The van der Waals surface area contributed by atoms with Crippen LogP contribution in [0.15, 0.2) is 79.0 Å². The van der Waals surface area contributed by atoms with E-state index in [1.807, 2.05) is 48.5 Å². The smallest absolute Gasteiger partial charge is 0.253 e. The zero-order valence-corrected chi connectivity index (χ0v) is 13.1. The maximum atomic E-state index is 12.6. The summed E-state index contributed by atoms with van der Waals surface area (Å²) in [6.07, 6.45) is 1.72. The summed E-state index contributed by atoms with van der Waals surface area (Å²) in [6.45, 7) is 0. The van der Waals surface area contributed by atoms with Crippen molar-refractivity contribution in [2.75, 3.05) is 0 Å². The molecule has 2 aromatic carbocycles. The fourth-order valence-corrected chi connectivity index (χ4v) is 2.60. The molecule has 4 heteroatoms. The SMILES string of the molecule is O=C(N[C@@H](c1ccccc1)c1ccccn1)c1ccccc1Cl. The van der Waals surface area contributed by atoms with Crippen LogP contribution in [-0.4, -0.2) is 10.9 Å². The highest BCUT2D eigenvalue weighted by Gasteiger charge is 2.19. The van der Waals surface area contributed by atoms with Crippen LogP contribution in [0.4, 0.5) is 0 Å². The molecule has 0 aliphatic carbocycles. The summed E-state index contributed by atoms with van der Waals surface area (Å²) < 4.78 is 0. The van der Waals surface area contributed by atoms with Gasteiger partial charge in [0.25, 0.3) is 5.91 Å². The van der Waals surface area contributed by atoms with Crippen molar-refractivity contribution >= 4 is 17.5 Å². The van der Waals surface area contributed by atoms with Gasteiger partial charge in [0.2, 0.25) is 0 Å². The summed E-state index contributed by atoms with van der Waals surface area (Å²) in [5.41, 5.74) is 2.19. The monoisotopic (exact) mass is 322 g/mol. The lowest BCUT2D eigenvalue weighted by molar-refractivity contribution is 0.0942. The number of hydrogen-bond donors (Lipinski definition) is 1. The molecule has 1 heterocycles. The van der Waals surface area contributed by atoms with Crippen LogP contribution in [0, 0.1) is 0 Å². The lowest BCUT2D eigenvalue weighted by Crippen LogP contribution is -2.30. The van der Waals surface area contributed by atoms with Gasteiger partial charge in [0, 0.05) is 6.20 Å². The molecular weight excluding hydrogens is 308 g/mol. The number of aromatic nitrogens is 1. The topological polar surface area (TPSA) is 42.0 Å². The largest absolute Gasteiger partial charge is 0.339 e. The maximum Gasteiger partial charge on any atom is 0.253 e. The third kappa shape index (κ3) is 3.58. The highest BCUT2D eigenvalue weighted by atomic mass is 35.5. The van der Waals surface area contributed by atoms with E-state index in [9.17, 15) is 4.79 Å². The molecular formula is C19H15ClN2O. The average Bonchev–Trinajstić information content (AvgIpc) is 2.61. The van der Waals surface area contributed by atoms with Gasteiger partial charge in [0.1, 0.15) is 0 Å². The summed E-state index contributed by atoms with van der Waals surface area (Å²) in [7, 11) is 0. The average molecular weight is 323 g/mol. The van der Waals surface area contributed by atoms with Crippen LogP contribution < -0.4 is 5.32 Å². The third-order valence-corrected chi connectivity index (χ3v) is 3.84. The minimum Gasteiger partial charge on any atom is -0.339 e. The summed E-state index contributed by atoms with van der Waals surface area (Å²) in [6, 6.07) is 22.1. The lowest BCUT2D eigenvalue weighted by atomic mass is 10.0. The summed E-state index contributed by atoms with van der Waals surface area (Å²) in [4.78, 5) is 17.0. The second-order valence-electron chi connectivity index (χ2n) is 5.05. The van der Waals surface area contributed by atoms with Gasteiger partial charge in [-0.3, -0.25) is 9.78 Å². The number of carbonyl (C=O) groups is 1. The Morgan fingerprint density at radius 1 is 0.913 bits per heavy atom. The Balaban J connectivity index is 1.94. The van der Waals surface area contributed by atoms with Gasteiger partial charge in [-0.15, -0.1) is 0 Å². The van der Waals surface area contributed by atoms with Gasteiger partial charge in [-0.1, -0.05) is 60.1 Å². The number of nitrogens with zero attached hydrogens (tertiary/aromatic N) is 1. The molecule has 0 aliphatic rings. The number of nitrogens with one attached hydrogen (secondary N) is 1. The second-order valence-corrected chi connectivity index (χ2v) is 5.46. The Bertz CT molecular complexity index is 751. The molecule has 0 unspecified atom stereocenters. The number of carbonyl (C=O) groups excluding carboxylic acids is 1. The zero-order chi connectivity index (χ0) is 16.1. The quantitative estimate of drug-likeness (QED) is 0.780. The number of halogens is 1. The first kappa shape index (κ1) is 15.3. The molecule has 23 heavy (non-hydrogen) atoms. The first-order valence-electron chi connectivity index (χ1n) is 7.27. The van der Waals surface area contributed by atoms with Crippen LogP contribution in [0.25, 0.3) is 0 Å². The van der Waals surface area contributed by atoms with Crippen molar-refractivity contribution in [2.45, 2.75) is 6.04 Å². The van der Waals surface area contributed by atoms with E-state index in [1.54, 1.807) is 30.5 Å². The van der Waals surface area contributed by atoms with Crippen molar-refractivity contribution in [1.82, 2.24) is 10.3 Å². The van der Waals surface area contributed by atoms with E-state index in [0.29, 0.717) is 10.6 Å². The summed E-state index contributed by atoms with van der Waals surface area (Å²) in [5, 5.41) is 3.45. The Labute approximate surface area is 140 Å². The van der Waals surface area contributed by atoms with Gasteiger partial charge in [0.05, 0.1) is 22.3 Å². The van der Waals surface area contributed by atoms with Crippen LogP contribution in [-0.2, 0) is 0 Å². The van der Waals surface area contributed by atoms with Gasteiger partial charge in [0.15, 0.2) is 0 Å². The summed E-state index contributed by atoms with van der Waals surface area (Å²) >= 11 is 6.12. The number of amides is 1. The lowest BCUT2D eigenvalue weighted by Gasteiger charge is -2.19. The first-order chi connectivity index (χ1) is 11.3. The predicted molar refractivity (Wildman–Crippen MR) is 91.4 cm³/mol. The number of pyridine rings is 1. The molecule has 1 amide bonds. The molecule has 1 N–H and O–H groups in total. The Kier molecular flexibility index (Phi) is 4.69. The molecule has 1 aromatic heterocycles. The molecule has 0 saturated carbocycles. The fraction of sp³-hybridized carbons (Fsp3) is 0.0526. The van der Waals surface area contributed by atoms with Crippen molar-refractivity contribution in [3.05, 3.63) is 101 Å². The number of benzene rings is 2. The van der Waals surface area contributed by atoms with Crippen LogP contribution in [0.1, 0.15) is 27.7 Å². The molecule has 3 aromatic rings. The van der Waals surface area contributed by atoms with E-state index in [0.717, 1.165) is 11.3 Å². The summed E-state index contributed by atoms with van der Waals surface area (Å²) in [5.74, 6) is -0.227. The van der Waals surface area contributed by atoms with Crippen molar-refractivity contribution in [3.8, 4) is 0 Å². The molecule has 114 valence electrons. The molecule has 3 rings (SSSR count). The van der Waals surface area contributed by atoms with E-state index in [-0.39, 0.29) is 11.9 Å². The Morgan fingerprint density at radius 3 is 2.30 bits per heavy atom. The van der Waals surface area contributed by atoms with Crippen LogP contribution in [0.2, 0.25) is 5.02 Å². The molecule has 0 aliphatic heterocycles. The fourth-order valence-electron chi connectivity index (χ4n) is 2.37. The highest BCUT2D eigenvalue weighted by molar-refractivity contribution is 6.33. The standard InChI is InChI=1S/C19H15ClN2O/c20-16-11-5-4-10-15(16)19(23)22-18(14-8-2-1-3-9-14)17-12-6-7-13-21-17/h1-13,18H,(H,22,23)/t18-/m0/s1. The van der Waals surface area contributed by atoms with Gasteiger partial charge in [-0.05, 0) is 29.8 Å². The molecule has 0 radical (unpaired) electrons. The molecule has 0 spiro atoms. The zero-order valence-electron chi connectivity index (χ0n) is 12.3. The molecule has 0 saturated heterocycles. The van der Waals surface area contributed by atoms with E-state index < -0.39 is 0 Å². The van der Waals surface area contributed by atoms with E-state index >= 15 is 0 Å². The third-order valence-electron chi connectivity index (χ3n) is 3.51. The first-order valence-corrected chi connectivity index (χ1v) is 7.65. The van der Waals surface area contributed by atoms with E-state index in [1.165, 1.54) is 0 Å². The molecule has 1 atom stereocenters. The van der Waals surface area contributed by atoms with Gasteiger partial charge in [-0.2, -0.15) is 0 Å². The minimum atomic E-state index is -0.332. The molecule has 0 bridgehead atoms. The highest BCUT2D eigenvalue weighted by Crippen LogP contribution is 2.22. The Hall–Kier alpha value is -2.65. The predicted octanol–water partition coefficient (Wildman–Crippen LogP) is 4.25. The second kappa shape index (κ2) is 7.07. The van der Waals surface area contributed by atoms with Crippen LogP contribution in [0.3, 0.4) is 0 Å². The van der Waals surface area contributed by atoms with Crippen LogP contribution >= 0.6 is 11.6 Å². The van der Waals surface area contributed by atoms with Crippen LogP contribution in [0.5, 0.6) is 0 Å². The van der Waals surface area contributed by atoms with Gasteiger partial charge >= 0.3 is 0 Å². The van der Waals surface area contributed by atoms with E-state index in [4.69, 9.17) is 11.6 Å². The van der Waals surface area contributed by atoms with Crippen molar-refractivity contribution in [1.29, 1.82) is 0 Å². The molecule has 3 nitrogen and oxygen atoms in total. The normalized spacial score (nSPS) is 11.7. The van der Waals surface area contributed by atoms with E-state index in [2.05, 4.69) is 10.3 Å². The van der Waals surface area contributed by atoms with Gasteiger partial charge < -0.3 is 5.32 Å². The maximum absolute atomic E-state index is 12.6. The van der Waals surface area contributed by atoms with Crippen molar-refractivity contribution in [2.24, 2.45) is 0 Å². The minimum absolute atomic E-state index is 0.227. The number of rotatable bonds is 4.